The van der Waals surface area contributed by atoms with Crippen molar-refractivity contribution in [3.8, 4) is 0 Å². The van der Waals surface area contributed by atoms with E-state index < -0.39 is 0 Å². The maximum atomic E-state index is 0. The van der Waals surface area contributed by atoms with Gasteiger partial charge in [-0.25, -0.2) is 0 Å². The van der Waals surface area contributed by atoms with Gasteiger partial charge in [0.1, 0.15) is 0 Å². The van der Waals surface area contributed by atoms with Crippen molar-refractivity contribution in [2.45, 2.75) is 0 Å². The van der Waals surface area contributed by atoms with Crippen molar-refractivity contribution in [2.75, 3.05) is 0 Å². The van der Waals surface area contributed by atoms with Crippen molar-refractivity contribution in [3.63, 3.8) is 0 Å². The molecule has 7 N–H and O–H groups in total. The quantitative estimate of drug-likeness (QED) is 0.406. The van der Waals surface area contributed by atoms with Gasteiger partial charge in [-0.3, -0.25) is 0 Å². The van der Waals surface area contributed by atoms with Crippen LogP contribution >= 0.6 is 0 Å². The van der Waals surface area contributed by atoms with Gasteiger partial charge < -0.3 is 21.9 Å². The predicted molar refractivity (Wildman–Crippen MR) is 12.8 cm³/mol. The third kappa shape index (κ3) is 35.4. The Balaban J connectivity index is 0. The Morgan fingerprint density at radius 3 is 0.667 bits per heavy atom. The fraction of sp³-hybridized carbons (Fsp3) is 0. The van der Waals surface area contributed by atoms with Crippen LogP contribution in [-0.4, -0.2) is 21.9 Å². The first-order valence-corrected chi connectivity index (χ1v) is 0. The van der Waals surface area contributed by atoms with E-state index in [-0.39, 0.29) is 93.7 Å². The van der Waals surface area contributed by atoms with Crippen molar-refractivity contribution in [1.29, 1.82) is 0 Å². The van der Waals surface area contributed by atoms with E-state index in [2.05, 4.69) is 0 Å². The first-order chi connectivity index (χ1) is 0. The van der Waals surface area contributed by atoms with Gasteiger partial charge in [-0.05, 0) is 0 Å². The molecule has 0 amide bonds. The van der Waals surface area contributed by atoms with Crippen LogP contribution in [0.5, 0.6) is 0 Å². The van der Waals surface area contributed by atoms with Gasteiger partial charge in [0, 0.05) is 20.4 Å². The SMILES string of the molecule is O.O.O.[K+].[OH-].[Re]. The number of hydrogen-bond donors (Lipinski definition) is 0. The van der Waals surface area contributed by atoms with Crippen LogP contribution in [0.25, 0.3) is 0 Å². The first-order valence-electron chi connectivity index (χ1n) is 0. The monoisotopic (exact) mass is 297 g/mol. The maximum Gasteiger partial charge on any atom is 1.00 e. The average molecular weight is 296 g/mol. The molecule has 0 aliphatic heterocycles. The fourth-order valence-corrected chi connectivity index (χ4v) is 0. The largest absolute Gasteiger partial charge is 1.00 e. The van der Waals surface area contributed by atoms with Crippen molar-refractivity contribution in [3.05, 3.63) is 0 Å². The van der Waals surface area contributed by atoms with E-state index in [9.17, 15) is 0 Å². The van der Waals surface area contributed by atoms with Gasteiger partial charge >= 0.3 is 51.4 Å². The summed E-state index contributed by atoms with van der Waals surface area (Å²) in [6.07, 6.45) is 0. The second kappa shape index (κ2) is 58.8. The number of hydrogen-bond acceptors (Lipinski definition) is 1. The standard InChI is InChI=1S/K.4H2O.Re/h;4*1H2;/q+1;;;;;/p-1. The predicted octanol–water partition coefficient (Wildman–Crippen LogP) is -5.65. The summed E-state index contributed by atoms with van der Waals surface area (Å²) in [7, 11) is 0. The van der Waals surface area contributed by atoms with Crippen molar-refractivity contribution in [2.24, 2.45) is 0 Å². The van der Waals surface area contributed by atoms with Gasteiger partial charge in [0.25, 0.3) is 0 Å². The van der Waals surface area contributed by atoms with E-state index in [1.165, 1.54) is 0 Å². The van der Waals surface area contributed by atoms with Crippen molar-refractivity contribution < 1.29 is 93.7 Å². The Morgan fingerprint density at radius 1 is 0.667 bits per heavy atom. The van der Waals surface area contributed by atoms with Crippen LogP contribution in [0.15, 0.2) is 0 Å². The fourth-order valence-electron chi connectivity index (χ4n) is 0. The van der Waals surface area contributed by atoms with Gasteiger partial charge in [0.2, 0.25) is 0 Å². The second-order valence-electron chi connectivity index (χ2n) is 0. The van der Waals surface area contributed by atoms with E-state index in [4.69, 9.17) is 0 Å². The van der Waals surface area contributed by atoms with Crippen LogP contribution in [0.3, 0.4) is 0 Å². The molecule has 0 heterocycles. The van der Waals surface area contributed by atoms with Crippen LogP contribution in [0, 0.1) is 0 Å². The van der Waals surface area contributed by atoms with E-state index in [1.54, 1.807) is 0 Å². The molecule has 0 aromatic rings. The molecular formula is H7KO4Re. The van der Waals surface area contributed by atoms with Crippen LogP contribution in [0.4, 0.5) is 0 Å². The van der Waals surface area contributed by atoms with Gasteiger partial charge in [0.15, 0.2) is 0 Å². The zero-order valence-electron chi connectivity index (χ0n) is 3.33. The topological polar surface area (TPSA) is 124 Å². The van der Waals surface area contributed by atoms with E-state index >= 15 is 0 Å². The van der Waals surface area contributed by atoms with Crippen LogP contribution in [0.2, 0.25) is 0 Å². The summed E-state index contributed by atoms with van der Waals surface area (Å²) in [5.74, 6) is 0. The zero-order valence-corrected chi connectivity index (χ0v) is 9.16. The molecule has 1 radical (unpaired) electrons. The van der Waals surface area contributed by atoms with E-state index in [0.717, 1.165) is 0 Å². The number of rotatable bonds is 0. The Hall–Kier alpha value is 2.14. The Kier molecular flexibility index (Phi) is 889. The van der Waals surface area contributed by atoms with Crippen molar-refractivity contribution in [1.82, 2.24) is 0 Å². The van der Waals surface area contributed by atoms with Gasteiger partial charge in [-0.1, -0.05) is 0 Å². The third-order valence-corrected chi connectivity index (χ3v) is 0. The molecule has 0 atom stereocenters. The second-order valence-corrected chi connectivity index (χ2v) is 0. The molecule has 0 bridgehead atoms. The Morgan fingerprint density at radius 2 is 0.667 bits per heavy atom. The van der Waals surface area contributed by atoms with Crippen LogP contribution in [-0.2, 0) is 20.4 Å². The van der Waals surface area contributed by atoms with Gasteiger partial charge in [-0.2, -0.15) is 0 Å². The summed E-state index contributed by atoms with van der Waals surface area (Å²) in [6, 6.07) is 0. The van der Waals surface area contributed by atoms with E-state index in [1.807, 2.05) is 0 Å². The van der Waals surface area contributed by atoms with Crippen molar-refractivity contribution >= 4 is 0 Å². The molecule has 0 aliphatic rings. The minimum absolute atomic E-state index is 0. The molecule has 0 saturated heterocycles. The minimum atomic E-state index is 0. The molecule has 0 unspecified atom stereocenters. The normalized spacial score (nSPS) is 0. The smallest absolute Gasteiger partial charge is 0.870 e. The van der Waals surface area contributed by atoms with E-state index in [0.29, 0.717) is 0 Å². The van der Waals surface area contributed by atoms with Crippen LogP contribution < -0.4 is 51.4 Å². The Labute approximate surface area is 92.0 Å². The summed E-state index contributed by atoms with van der Waals surface area (Å²) < 4.78 is 0. The molecule has 6 heavy (non-hydrogen) atoms. The molecule has 0 rings (SSSR count). The third-order valence-electron chi connectivity index (χ3n) is 0. The summed E-state index contributed by atoms with van der Waals surface area (Å²) >= 11 is 0. The summed E-state index contributed by atoms with van der Waals surface area (Å²) in [5, 5.41) is 0. The summed E-state index contributed by atoms with van der Waals surface area (Å²) in [6.45, 7) is 0. The molecule has 39 valence electrons. The molecular weight excluding hydrogens is 289 g/mol. The molecule has 0 aromatic heterocycles. The zero-order chi connectivity index (χ0) is 0. The molecule has 6 heteroatoms. The molecule has 0 saturated carbocycles. The first kappa shape index (κ1) is 90.7. The van der Waals surface area contributed by atoms with Crippen LogP contribution in [0.1, 0.15) is 0 Å². The molecule has 0 aliphatic carbocycles. The molecule has 0 spiro atoms. The molecule has 0 aromatic carbocycles. The Bertz CT molecular complexity index is 7.51. The summed E-state index contributed by atoms with van der Waals surface area (Å²) in [5.41, 5.74) is 0. The van der Waals surface area contributed by atoms with Gasteiger partial charge in [0.05, 0.1) is 0 Å². The average Bonchev–Trinajstić information content (AvgIpc) is 0. The minimum Gasteiger partial charge on any atom is -0.870 e. The molecule has 0 fully saturated rings. The molecule has 4 nitrogen and oxygen atoms in total. The summed E-state index contributed by atoms with van der Waals surface area (Å²) in [4.78, 5) is 0. The van der Waals surface area contributed by atoms with Gasteiger partial charge in [-0.15, -0.1) is 0 Å². The maximum absolute atomic E-state index is 0.